The summed E-state index contributed by atoms with van der Waals surface area (Å²) in [6, 6.07) is 13.3. The molecule has 1 heterocycles. The van der Waals surface area contributed by atoms with E-state index in [1.54, 1.807) is 6.07 Å². The number of hydrogen-bond donors (Lipinski definition) is 2. The summed E-state index contributed by atoms with van der Waals surface area (Å²) in [6.45, 7) is 6.64. The summed E-state index contributed by atoms with van der Waals surface area (Å²) in [4.78, 5) is 13.9. The predicted octanol–water partition coefficient (Wildman–Crippen LogP) is 2.32. The molecule has 0 radical (unpaired) electrons. The molecule has 0 atom stereocenters. The lowest BCUT2D eigenvalue weighted by Gasteiger charge is -2.23. The van der Waals surface area contributed by atoms with Gasteiger partial charge in [-0.15, -0.1) is 0 Å². The third kappa shape index (κ3) is 4.35. The lowest BCUT2D eigenvalue weighted by atomic mass is 10.1. The number of ether oxygens (including phenoxy) is 1. The summed E-state index contributed by atoms with van der Waals surface area (Å²) in [5.74, 6) is -0.125. The Hall–Kier alpha value is -1.88. The minimum atomic E-state index is -0.125. The third-order valence-electron chi connectivity index (χ3n) is 4.30. The number of carbonyl (C=O) groups is 1. The van der Waals surface area contributed by atoms with Gasteiger partial charge < -0.3 is 15.0 Å². The third-order valence-corrected chi connectivity index (χ3v) is 4.71. The van der Waals surface area contributed by atoms with Crippen LogP contribution in [0.5, 0.6) is 0 Å². The maximum absolute atomic E-state index is 12.3. The maximum atomic E-state index is 12.3. The second kappa shape index (κ2) is 7.79. The molecule has 126 valence electrons. The van der Waals surface area contributed by atoms with Crippen molar-refractivity contribution in [3.8, 4) is 0 Å². The van der Waals surface area contributed by atoms with Crippen LogP contribution in [0.2, 0.25) is 5.02 Å². The highest BCUT2D eigenvalue weighted by molar-refractivity contribution is 6.31. The fourth-order valence-electron chi connectivity index (χ4n) is 2.77. The molecule has 0 aromatic heterocycles. The first-order valence-electron chi connectivity index (χ1n) is 8.19. The van der Waals surface area contributed by atoms with E-state index in [-0.39, 0.29) is 5.91 Å². The number of amides is 1. The molecular formula is C19H22ClN2O2+. The highest BCUT2D eigenvalue weighted by Gasteiger charge is 2.14. The quantitative estimate of drug-likeness (QED) is 0.893. The SMILES string of the molecule is Cc1ccc(NC(=O)c2ccc(C[NH+]3CCOCC3)cc2)cc1Cl. The van der Waals surface area contributed by atoms with Crippen molar-refractivity contribution in [1.82, 2.24) is 0 Å². The van der Waals surface area contributed by atoms with Gasteiger partial charge in [-0.1, -0.05) is 29.8 Å². The molecule has 1 amide bonds. The normalized spacial score (nSPS) is 15.2. The van der Waals surface area contributed by atoms with Gasteiger partial charge in [-0.05, 0) is 36.8 Å². The summed E-state index contributed by atoms with van der Waals surface area (Å²) in [5.41, 5.74) is 3.58. The monoisotopic (exact) mass is 345 g/mol. The second-order valence-electron chi connectivity index (χ2n) is 6.15. The van der Waals surface area contributed by atoms with Crippen molar-refractivity contribution < 1.29 is 14.4 Å². The molecule has 4 nitrogen and oxygen atoms in total. The molecule has 2 N–H and O–H groups in total. The van der Waals surface area contributed by atoms with E-state index in [1.165, 1.54) is 10.5 Å². The Labute approximate surface area is 147 Å². The number of benzene rings is 2. The molecule has 5 heteroatoms. The number of hydrogen-bond acceptors (Lipinski definition) is 2. The van der Waals surface area contributed by atoms with E-state index in [4.69, 9.17) is 16.3 Å². The van der Waals surface area contributed by atoms with Crippen LogP contribution in [0, 0.1) is 6.92 Å². The number of quaternary nitrogens is 1. The molecule has 0 bridgehead atoms. The number of anilines is 1. The van der Waals surface area contributed by atoms with Crippen LogP contribution in [0.3, 0.4) is 0 Å². The van der Waals surface area contributed by atoms with Gasteiger partial charge in [-0.25, -0.2) is 0 Å². The van der Waals surface area contributed by atoms with Crippen molar-refractivity contribution in [2.45, 2.75) is 13.5 Å². The first-order valence-corrected chi connectivity index (χ1v) is 8.57. The van der Waals surface area contributed by atoms with Crippen LogP contribution in [-0.2, 0) is 11.3 Å². The fraction of sp³-hybridized carbons (Fsp3) is 0.316. The molecule has 24 heavy (non-hydrogen) atoms. The van der Waals surface area contributed by atoms with E-state index in [0.717, 1.165) is 38.4 Å². The predicted molar refractivity (Wildman–Crippen MR) is 95.8 cm³/mol. The van der Waals surface area contributed by atoms with E-state index in [2.05, 4.69) is 5.32 Å². The van der Waals surface area contributed by atoms with Gasteiger partial charge in [0.05, 0.1) is 13.2 Å². The van der Waals surface area contributed by atoms with Crippen molar-refractivity contribution in [2.24, 2.45) is 0 Å². The van der Waals surface area contributed by atoms with Gasteiger partial charge in [-0.2, -0.15) is 0 Å². The smallest absolute Gasteiger partial charge is 0.255 e. The first-order chi connectivity index (χ1) is 11.6. The van der Waals surface area contributed by atoms with Crippen molar-refractivity contribution in [2.75, 3.05) is 31.6 Å². The van der Waals surface area contributed by atoms with E-state index < -0.39 is 0 Å². The summed E-state index contributed by atoms with van der Waals surface area (Å²) in [6.07, 6.45) is 0. The minimum absolute atomic E-state index is 0.125. The Bertz CT molecular complexity index is 710. The average Bonchev–Trinajstić information content (AvgIpc) is 2.60. The van der Waals surface area contributed by atoms with Crippen LogP contribution in [0.1, 0.15) is 21.5 Å². The van der Waals surface area contributed by atoms with Gasteiger partial charge in [-0.3, -0.25) is 4.79 Å². The van der Waals surface area contributed by atoms with Crippen molar-refractivity contribution >= 4 is 23.2 Å². The van der Waals surface area contributed by atoms with Crippen LogP contribution in [0.4, 0.5) is 5.69 Å². The maximum Gasteiger partial charge on any atom is 0.255 e. The molecule has 0 saturated carbocycles. The van der Waals surface area contributed by atoms with Crippen LogP contribution in [0.25, 0.3) is 0 Å². The van der Waals surface area contributed by atoms with Crippen molar-refractivity contribution in [3.63, 3.8) is 0 Å². The average molecular weight is 346 g/mol. The molecule has 0 spiro atoms. The van der Waals surface area contributed by atoms with Crippen molar-refractivity contribution in [3.05, 3.63) is 64.2 Å². The molecule has 1 aliphatic heterocycles. The minimum Gasteiger partial charge on any atom is -0.370 e. The Morgan fingerprint density at radius 2 is 1.88 bits per heavy atom. The first kappa shape index (κ1) is 17.0. The molecule has 1 fully saturated rings. The Kier molecular flexibility index (Phi) is 5.51. The van der Waals surface area contributed by atoms with E-state index in [0.29, 0.717) is 16.3 Å². The van der Waals surface area contributed by atoms with Gasteiger partial charge in [0.25, 0.3) is 5.91 Å². The molecule has 0 unspecified atom stereocenters. The Morgan fingerprint density at radius 1 is 1.17 bits per heavy atom. The second-order valence-corrected chi connectivity index (χ2v) is 6.56. The number of halogens is 1. The fourth-order valence-corrected chi connectivity index (χ4v) is 2.95. The van der Waals surface area contributed by atoms with Gasteiger partial charge >= 0.3 is 0 Å². The lowest BCUT2D eigenvalue weighted by Crippen LogP contribution is -3.12. The molecule has 0 aliphatic carbocycles. The topological polar surface area (TPSA) is 42.8 Å². The van der Waals surface area contributed by atoms with Crippen LogP contribution < -0.4 is 10.2 Å². The van der Waals surface area contributed by atoms with Crippen LogP contribution in [-0.4, -0.2) is 32.2 Å². The molecule has 3 rings (SSSR count). The summed E-state index contributed by atoms with van der Waals surface area (Å²) < 4.78 is 5.38. The molecule has 2 aromatic rings. The molecule has 2 aromatic carbocycles. The zero-order valence-corrected chi connectivity index (χ0v) is 14.5. The van der Waals surface area contributed by atoms with Gasteiger partial charge in [0.2, 0.25) is 0 Å². The Morgan fingerprint density at radius 3 is 2.54 bits per heavy atom. The zero-order chi connectivity index (χ0) is 16.9. The Balaban J connectivity index is 1.61. The number of nitrogens with one attached hydrogen (secondary N) is 2. The molecule has 1 aliphatic rings. The zero-order valence-electron chi connectivity index (χ0n) is 13.8. The standard InChI is InChI=1S/C19H21ClN2O2/c1-14-2-7-17(12-18(14)20)21-19(23)16-5-3-15(4-6-16)13-22-8-10-24-11-9-22/h2-7,12H,8-11,13H2,1H3,(H,21,23)/p+1. The summed E-state index contributed by atoms with van der Waals surface area (Å²) in [7, 11) is 0. The van der Waals surface area contributed by atoms with Gasteiger partial charge in [0.15, 0.2) is 0 Å². The summed E-state index contributed by atoms with van der Waals surface area (Å²) in [5, 5.41) is 3.53. The van der Waals surface area contributed by atoms with E-state index in [9.17, 15) is 4.79 Å². The molecular weight excluding hydrogens is 324 g/mol. The number of carbonyl (C=O) groups excluding carboxylic acids is 1. The van der Waals surface area contributed by atoms with Gasteiger partial charge in [0.1, 0.15) is 19.6 Å². The highest BCUT2D eigenvalue weighted by Crippen LogP contribution is 2.20. The number of morpholine rings is 1. The largest absolute Gasteiger partial charge is 0.370 e. The van der Waals surface area contributed by atoms with E-state index in [1.807, 2.05) is 43.3 Å². The number of rotatable bonds is 4. The highest BCUT2D eigenvalue weighted by atomic mass is 35.5. The lowest BCUT2D eigenvalue weighted by molar-refractivity contribution is -0.921. The van der Waals surface area contributed by atoms with E-state index >= 15 is 0 Å². The molecule has 1 saturated heterocycles. The van der Waals surface area contributed by atoms with Crippen LogP contribution in [0.15, 0.2) is 42.5 Å². The summed E-state index contributed by atoms with van der Waals surface area (Å²) >= 11 is 6.09. The van der Waals surface area contributed by atoms with Crippen molar-refractivity contribution in [1.29, 1.82) is 0 Å². The van der Waals surface area contributed by atoms with Crippen LogP contribution >= 0.6 is 11.6 Å². The number of aryl methyl sites for hydroxylation is 1. The van der Waals surface area contributed by atoms with Gasteiger partial charge in [0, 0.05) is 21.8 Å².